The van der Waals surface area contributed by atoms with E-state index in [-0.39, 0.29) is 0 Å². The van der Waals surface area contributed by atoms with Gasteiger partial charge in [-0.05, 0) is 17.9 Å². The molecule has 0 aliphatic rings. The van der Waals surface area contributed by atoms with Crippen LogP contribution < -0.4 is 5.32 Å². The molecule has 1 unspecified atom stereocenters. The lowest BCUT2D eigenvalue weighted by molar-refractivity contribution is 0.380. The molecule has 2 aromatic rings. The summed E-state index contributed by atoms with van der Waals surface area (Å²) in [7, 11) is 0. The molecule has 1 heterocycles. The molecule has 0 bridgehead atoms. The lowest BCUT2D eigenvalue weighted by Gasteiger charge is -2.19. The van der Waals surface area contributed by atoms with E-state index in [1.54, 1.807) is 17.5 Å². The van der Waals surface area contributed by atoms with Crippen LogP contribution in [0.15, 0.2) is 17.5 Å². The maximum atomic E-state index is 13.7. The van der Waals surface area contributed by atoms with Crippen molar-refractivity contribution in [3.63, 3.8) is 0 Å². The van der Waals surface area contributed by atoms with E-state index >= 15 is 0 Å². The van der Waals surface area contributed by atoms with E-state index in [1.165, 1.54) is 11.3 Å². The second-order valence-electron chi connectivity index (χ2n) is 4.45. The first-order valence-corrected chi connectivity index (χ1v) is 7.16. The third-order valence-corrected chi connectivity index (χ3v) is 3.98. The first-order chi connectivity index (χ1) is 9.97. The molecule has 0 spiro atoms. The minimum atomic E-state index is -2.15. The Bertz CT molecular complexity index is 598. The summed E-state index contributed by atoms with van der Waals surface area (Å²) in [6, 6.07) is 2.98. The highest BCUT2D eigenvalue weighted by atomic mass is 32.1. The lowest BCUT2D eigenvalue weighted by Crippen LogP contribution is -2.14. The minimum absolute atomic E-state index is 0.500. The van der Waals surface area contributed by atoms with Crippen molar-refractivity contribution >= 4 is 17.0 Å². The molecule has 21 heavy (non-hydrogen) atoms. The summed E-state index contributed by atoms with van der Waals surface area (Å²) in [6.45, 7) is 1.86. The predicted molar refractivity (Wildman–Crippen MR) is 71.8 cm³/mol. The molecule has 0 aliphatic heterocycles. The maximum absolute atomic E-state index is 13.7. The molecule has 0 aliphatic carbocycles. The van der Waals surface area contributed by atoms with Gasteiger partial charge in [-0.15, -0.1) is 11.3 Å². The third kappa shape index (κ3) is 3.02. The van der Waals surface area contributed by atoms with E-state index in [0.717, 1.165) is 4.88 Å². The van der Waals surface area contributed by atoms with E-state index in [4.69, 9.17) is 0 Å². The molecule has 1 aromatic heterocycles. The van der Waals surface area contributed by atoms with Crippen LogP contribution in [-0.4, -0.2) is 0 Å². The van der Waals surface area contributed by atoms with Gasteiger partial charge in [0.1, 0.15) is 5.69 Å². The molecule has 0 saturated carbocycles. The fraction of sp³-hybridized carbons (Fsp3) is 0.286. The summed E-state index contributed by atoms with van der Waals surface area (Å²) in [5.74, 6) is -9.73. The molecule has 7 heteroatoms. The maximum Gasteiger partial charge on any atom is 0.200 e. The first-order valence-electron chi connectivity index (χ1n) is 6.28. The van der Waals surface area contributed by atoms with E-state index in [1.807, 2.05) is 6.92 Å². The van der Waals surface area contributed by atoms with Crippen molar-refractivity contribution in [1.82, 2.24) is 0 Å². The monoisotopic (exact) mass is 321 g/mol. The zero-order valence-electron chi connectivity index (χ0n) is 11.0. The Morgan fingerprint density at radius 2 is 1.57 bits per heavy atom. The highest BCUT2D eigenvalue weighted by Crippen LogP contribution is 2.33. The van der Waals surface area contributed by atoms with Crippen molar-refractivity contribution in [2.45, 2.75) is 25.8 Å². The highest BCUT2D eigenvalue weighted by molar-refractivity contribution is 7.10. The zero-order valence-corrected chi connectivity index (χ0v) is 11.8. The average Bonchev–Trinajstić information content (AvgIpc) is 3.00. The van der Waals surface area contributed by atoms with Gasteiger partial charge in [-0.25, -0.2) is 22.0 Å². The molecular formula is C14H12F5NS. The van der Waals surface area contributed by atoms with Crippen LogP contribution >= 0.6 is 11.3 Å². The Morgan fingerprint density at radius 1 is 1.00 bits per heavy atom. The number of halogens is 5. The van der Waals surface area contributed by atoms with E-state index in [0.29, 0.717) is 12.8 Å². The lowest BCUT2D eigenvalue weighted by atomic mass is 10.1. The molecule has 114 valence electrons. The Kier molecular flexibility index (Phi) is 4.82. The van der Waals surface area contributed by atoms with Crippen molar-refractivity contribution < 1.29 is 22.0 Å². The van der Waals surface area contributed by atoms with Crippen molar-refractivity contribution in [3.8, 4) is 0 Å². The zero-order chi connectivity index (χ0) is 15.6. The summed E-state index contributed by atoms with van der Waals surface area (Å²) in [6.07, 6.45) is 1.19. The Hall–Kier alpha value is -1.63. The predicted octanol–water partition coefficient (Wildman–Crippen LogP) is 5.40. The van der Waals surface area contributed by atoms with Gasteiger partial charge in [-0.3, -0.25) is 0 Å². The fourth-order valence-corrected chi connectivity index (χ4v) is 2.78. The second-order valence-corrected chi connectivity index (χ2v) is 5.43. The van der Waals surface area contributed by atoms with Gasteiger partial charge in [0, 0.05) is 4.88 Å². The Balaban J connectivity index is 2.42. The van der Waals surface area contributed by atoms with Crippen LogP contribution in [-0.2, 0) is 0 Å². The molecule has 1 aromatic carbocycles. The van der Waals surface area contributed by atoms with Crippen LogP contribution in [0.4, 0.5) is 27.6 Å². The largest absolute Gasteiger partial charge is 0.372 e. The van der Waals surface area contributed by atoms with Gasteiger partial charge < -0.3 is 5.32 Å². The van der Waals surface area contributed by atoms with Crippen LogP contribution in [0.3, 0.4) is 0 Å². The number of hydrogen-bond donors (Lipinski definition) is 1. The van der Waals surface area contributed by atoms with Crippen LogP contribution in [0.5, 0.6) is 0 Å². The van der Waals surface area contributed by atoms with E-state index in [9.17, 15) is 22.0 Å². The summed E-state index contributed by atoms with van der Waals surface area (Å²) >= 11 is 1.34. The minimum Gasteiger partial charge on any atom is -0.372 e. The van der Waals surface area contributed by atoms with Gasteiger partial charge in [-0.2, -0.15) is 0 Å². The normalized spacial score (nSPS) is 12.5. The molecule has 1 atom stereocenters. The van der Waals surface area contributed by atoms with Crippen molar-refractivity contribution in [2.75, 3.05) is 5.32 Å². The number of benzene rings is 1. The van der Waals surface area contributed by atoms with Crippen LogP contribution in [0.2, 0.25) is 0 Å². The Labute approximate surface area is 122 Å². The van der Waals surface area contributed by atoms with Gasteiger partial charge in [-0.1, -0.05) is 19.4 Å². The molecular weight excluding hydrogens is 309 g/mol. The van der Waals surface area contributed by atoms with Gasteiger partial charge in [0.25, 0.3) is 0 Å². The highest BCUT2D eigenvalue weighted by Gasteiger charge is 2.27. The van der Waals surface area contributed by atoms with Crippen molar-refractivity contribution in [3.05, 3.63) is 51.5 Å². The standard InChI is InChI=1S/C14H12F5NS/c1-2-4-7(8-5-3-6-21-8)20-14-12(18)10(16)9(15)11(17)13(14)19/h3,5-7,20H,2,4H2,1H3. The van der Waals surface area contributed by atoms with E-state index < -0.39 is 40.8 Å². The molecule has 0 radical (unpaired) electrons. The van der Waals surface area contributed by atoms with Crippen LogP contribution in [0, 0.1) is 29.1 Å². The number of hydrogen-bond acceptors (Lipinski definition) is 2. The van der Waals surface area contributed by atoms with Crippen molar-refractivity contribution in [2.24, 2.45) is 0 Å². The quantitative estimate of drug-likeness (QED) is 0.442. The third-order valence-electron chi connectivity index (χ3n) is 2.99. The summed E-state index contributed by atoms with van der Waals surface area (Å²) in [5, 5.41) is 4.22. The topological polar surface area (TPSA) is 12.0 Å². The number of thiophene rings is 1. The SMILES string of the molecule is CCCC(Nc1c(F)c(F)c(F)c(F)c1F)c1cccs1. The van der Waals surface area contributed by atoms with Gasteiger partial charge in [0.2, 0.25) is 5.82 Å². The number of rotatable bonds is 5. The molecule has 0 amide bonds. The molecule has 1 nitrogen and oxygen atoms in total. The number of anilines is 1. The Morgan fingerprint density at radius 3 is 2.05 bits per heavy atom. The van der Waals surface area contributed by atoms with Crippen LogP contribution in [0.1, 0.15) is 30.7 Å². The molecule has 1 N–H and O–H groups in total. The van der Waals surface area contributed by atoms with Crippen LogP contribution in [0.25, 0.3) is 0 Å². The molecule has 0 saturated heterocycles. The summed E-state index contributed by atoms with van der Waals surface area (Å²) in [5.41, 5.74) is -0.988. The summed E-state index contributed by atoms with van der Waals surface area (Å²) < 4.78 is 66.7. The summed E-state index contributed by atoms with van der Waals surface area (Å²) in [4.78, 5) is 0.765. The fourth-order valence-electron chi connectivity index (χ4n) is 1.97. The number of nitrogens with one attached hydrogen (secondary N) is 1. The van der Waals surface area contributed by atoms with Gasteiger partial charge >= 0.3 is 0 Å². The smallest absolute Gasteiger partial charge is 0.200 e. The van der Waals surface area contributed by atoms with E-state index in [2.05, 4.69) is 5.32 Å². The van der Waals surface area contributed by atoms with Gasteiger partial charge in [0.05, 0.1) is 6.04 Å². The molecule has 0 fully saturated rings. The second kappa shape index (κ2) is 6.43. The van der Waals surface area contributed by atoms with Crippen molar-refractivity contribution in [1.29, 1.82) is 0 Å². The first kappa shape index (κ1) is 15.8. The van der Waals surface area contributed by atoms with Gasteiger partial charge in [0.15, 0.2) is 23.3 Å². The molecule has 2 rings (SSSR count). The average molecular weight is 321 g/mol.